The van der Waals surface area contributed by atoms with Gasteiger partial charge in [-0.15, -0.1) is 0 Å². The zero-order chi connectivity index (χ0) is 9.56. The van der Waals surface area contributed by atoms with Crippen molar-refractivity contribution >= 4 is 0 Å². The minimum atomic E-state index is 1.00. The fourth-order valence-electron chi connectivity index (χ4n) is 0.817. The van der Waals surface area contributed by atoms with Gasteiger partial charge in [-0.3, -0.25) is 0 Å². The zero-order valence-corrected chi connectivity index (χ0v) is 8.44. The molecular weight excluding hydrogens is 146 g/mol. The van der Waals surface area contributed by atoms with Gasteiger partial charge in [-0.05, 0) is 40.5 Å². The Bertz CT molecular complexity index is 234. The van der Waals surface area contributed by atoms with E-state index in [-0.39, 0.29) is 0 Å². The number of rotatable bonds is 3. The molecule has 0 aromatic rings. The van der Waals surface area contributed by atoms with Crippen molar-refractivity contribution in [2.45, 2.75) is 40.5 Å². The molecular formula is C11H17N. The van der Waals surface area contributed by atoms with Crippen LogP contribution in [-0.4, -0.2) is 0 Å². The van der Waals surface area contributed by atoms with Crippen molar-refractivity contribution in [3.8, 4) is 6.07 Å². The lowest BCUT2D eigenvalue weighted by Crippen LogP contribution is -1.83. The van der Waals surface area contributed by atoms with E-state index in [1.165, 1.54) is 11.1 Å². The molecule has 1 nitrogen and oxygen atoms in total. The average Bonchev–Trinajstić information content (AvgIpc) is 2.00. The molecule has 1 heteroatoms. The van der Waals surface area contributed by atoms with Gasteiger partial charge in [0, 0.05) is 6.08 Å². The number of nitrogens with zero attached hydrogens (tertiary/aromatic N) is 1. The van der Waals surface area contributed by atoms with Gasteiger partial charge in [0.25, 0.3) is 0 Å². The molecule has 12 heavy (non-hydrogen) atoms. The Labute approximate surface area is 75.4 Å². The molecule has 0 aliphatic heterocycles. The van der Waals surface area contributed by atoms with Crippen molar-refractivity contribution in [2.75, 3.05) is 0 Å². The van der Waals surface area contributed by atoms with Crippen LogP contribution in [0, 0.1) is 11.3 Å². The molecule has 0 amide bonds. The third-order valence-electron chi connectivity index (χ3n) is 2.06. The molecule has 0 aliphatic carbocycles. The molecule has 0 saturated heterocycles. The third kappa shape index (κ3) is 4.73. The van der Waals surface area contributed by atoms with Crippen molar-refractivity contribution in [3.05, 3.63) is 22.8 Å². The molecule has 66 valence electrons. The van der Waals surface area contributed by atoms with Gasteiger partial charge in [0.2, 0.25) is 0 Å². The van der Waals surface area contributed by atoms with Gasteiger partial charge in [-0.1, -0.05) is 16.7 Å². The second-order valence-electron chi connectivity index (χ2n) is 3.40. The largest absolute Gasteiger partial charge is 0.193 e. The van der Waals surface area contributed by atoms with Crippen molar-refractivity contribution < 1.29 is 0 Å². The van der Waals surface area contributed by atoms with Crippen LogP contribution in [-0.2, 0) is 0 Å². The summed E-state index contributed by atoms with van der Waals surface area (Å²) in [5, 5.41) is 8.37. The van der Waals surface area contributed by atoms with Gasteiger partial charge in [-0.2, -0.15) is 5.26 Å². The minimum Gasteiger partial charge on any atom is -0.193 e. The van der Waals surface area contributed by atoms with E-state index in [2.05, 4.69) is 20.8 Å². The van der Waals surface area contributed by atoms with Crippen LogP contribution in [0.3, 0.4) is 0 Å². The first-order valence-corrected chi connectivity index (χ1v) is 4.26. The van der Waals surface area contributed by atoms with Gasteiger partial charge >= 0.3 is 0 Å². The lowest BCUT2D eigenvalue weighted by atomic mass is 10.0. The van der Waals surface area contributed by atoms with Crippen LogP contribution in [0.2, 0.25) is 0 Å². The highest BCUT2D eigenvalue weighted by atomic mass is 14.2. The summed E-state index contributed by atoms with van der Waals surface area (Å²) < 4.78 is 0. The van der Waals surface area contributed by atoms with E-state index in [0.717, 1.165) is 18.4 Å². The van der Waals surface area contributed by atoms with Crippen LogP contribution >= 0.6 is 0 Å². The second kappa shape index (κ2) is 5.60. The number of allylic oxidation sites excluding steroid dienone is 4. The van der Waals surface area contributed by atoms with Crippen molar-refractivity contribution in [2.24, 2.45) is 0 Å². The first-order chi connectivity index (χ1) is 5.57. The first kappa shape index (κ1) is 11.0. The number of hydrogen-bond acceptors (Lipinski definition) is 1. The van der Waals surface area contributed by atoms with Gasteiger partial charge < -0.3 is 0 Å². The maximum atomic E-state index is 8.37. The third-order valence-corrected chi connectivity index (χ3v) is 2.06. The van der Waals surface area contributed by atoms with E-state index in [1.807, 2.05) is 13.0 Å². The molecule has 0 saturated carbocycles. The molecule has 0 radical (unpaired) electrons. The lowest BCUT2D eigenvalue weighted by molar-refractivity contribution is 0.908. The molecule has 0 fully saturated rings. The van der Waals surface area contributed by atoms with Gasteiger partial charge in [0.1, 0.15) is 0 Å². The smallest absolute Gasteiger partial charge is 0.0911 e. The predicted molar refractivity (Wildman–Crippen MR) is 52.7 cm³/mol. The van der Waals surface area contributed by atoms with Gasteiger partial charge in [0.15, 0.2) is 0 Å². The molecule has 0 heterocycles. The SMILES string of the molecule is CC(C)=C(C)CC/C(C)=C/C#N. The molecule has 0 spiro atoms. The first-order valence-electron chi connectivity index (χ1n) is 4.26. The van der Waals surface area contributed by atoms with Crippen molar-refractivity contribution in [1.82, 2.24) is 0 Å². The molecule has 0 bridgehead atoms. The summed E-state index contributed by atoms with van der Waals surface area (Å²) in [6.45, 7) is 8.40. The molecule has 0 aliphatic rings. The maximum Gasteiger partial charge on any atom is 0.0911 e. The van der Waals surface area contributed by atoms with Crippen LogP contribution in [0.1, 0.15) is 40.5 Å². The van der Waals surface area contributed by atoms with Crippen molar-refractivity contribution in [3.63, 3.8) is 0 Å². The highest BCUT2D eigenvalue weighted by molar-refractivity contribution is 5.14. The van der Waals surface area contributed by atoms with Crippen LogP contribution in [0.25, 0.3) is 0 Å². The Kier molecular flexibility index (Phi) is 5.12. The van der Waals surface area contributed by atoms with E-state index < -0.39 is 0 Å². The monoisotopic (exact) mass is 163 g/mol. The quantitative estimate of drug-likeness (QED) is 0.460. The summed E-state index contributed by atoms with van der Waals surface area (Å²) >= 11 is 0. The van der Waals surface area contributed by atoms with E-state index in [1.54, 1.807) is 6.08 Å². The fourth-order valence-corrected chi connectivity index (χ4v) is 0.817. The Morgan fingerprint density at radius 3 is 2.17 bits per heavy atom. The zero-order valence-electron chi connectivity index (χ0n) is 8.44. The molecule has 0 aromatic carbocycles. The Morgan fingerprint density at radius 2 is 1.75 bits per heavy atom. The average molecular weight is 163 g/mol. The predicted octanol–water partition coefficient (Wildman–Crippen LogP) is 3.59. The minimum absolute atomic E-state index is 1.00. The summed E-state index contributed by atoms with van der Waals surface area (Å²) in [6.07, 6.45) is 3.70. The number of nitriles is 1. The van der Waals surface area contributed by atoms with E-state index in [4.69, 9.17) is 5.26 Å². The molecule has 0 unspecified atom stereocenters. The second-order valence-corrected chi connectivity index (χ2v) is 3.40. The number of hydrogen-bond donors (Lipinski definition) is 0. The molecule has 0 N–H and O–H groups in total. The van der Waals surface area contributed by atoms with Crippen molar-refractivity contribution in [1.29, 1.82) is 5.26 Å². The topological polar surface area (TPSA) is 23.8 Å². The summed E-state index contributed by atoms with van der Waals surface area (Å²) in [4.78, 5) is 0. The molecule has 0 rings (SSSR count). The summed E-state index contributed by atoms with van der Waals surface area (Å²) in [5.74, 6) is 0. The Balaban J connectivity index is 3.95. The summed E-state index contributed by atoms with van der Waals surface area (Å²) in [5.41, 5.74) is 3.98. The normalized spacial score (nSPS) is 10.8. The van der Waals surface area contributed by atoms with Crippen LogP contribution < -0.4 is 0 Å². The van der Waals surface area contributed by atoms with Gasteiger partial charge in [0.05, 0.1) is 6.07 Å². The lowest BCUT2D eigenvalue weighted by Gasteiger charge is -2.02. The highest BCUT2D eigenvalue weighted by Crippen LogP contribution is 2.13. The van der Waals surface area contributed by atoms with E-state index in [9.17, 15) is 0 Å². The summed E-state index contributed by atoms with van der Waals surface area (Å²) in [7, 11) is 0. The van der Waals surface area contributed by atoms with E-state index in [0.29, 0.717) is 0 Å². The summed E-state index contributed by atoms with van der Waals surface area (Å²) in [6, 6.07) is 2.04. The maximum absolute atomic E-state index is 8.37. The Morgan fingerprint density at radius 1 is 1.17 bits per heavy atom. The molecule has 0 aromatic heterocycles. The highest BCUT2D eigenvalue weighted by Gasteiger charge is 1.94. The van der Waals surface area contributed by atoms with Crippen LogP contribution in [0.15, 0.2) is 22.8 Å². The van der Waals surface area contributed by atoms with Crippen LogP contribution in [0.4, 0.5) is 0 Å². The van der Waals surface area contributed by atoms with E-state index >= 15 is 0 Å². The molecule has 0 atom stereocenters. The Hall–Kier alpha value is -1.03. The van der Waals surface area contributed by atoms with Gasteiger partial charge in [-0.25, -0.2) is 0 Å². The van der Waals surface area contributed by atoms with Crippen LogP contribution in [0.5, 0.6) is 0 Å². The fraction of sp³-hybridized carbons (Fsp3) is 0.545. The standard InChI is InChI=1S/C11H17N/c1-9(2)11(4)6-5-10(3)7-8-12/h7H,5-6H2,1-4H3/b10-7+.